The van der Waals surface area contributed by atoms with Crippen LogP contribution in [0.3, 0.4) is 0 Å². The SMILES string of the molecule is CC(C)N(CCC(=O)c1c([N+](=O)[O-])ccc2c1COCO2)C(=O)OCc1ccccc1. The molecular weight excluding hydrogens is 404 g/mol. The minimum atomic E-state index is -0.601. The number of benzene rings is 2. The Morgan fingerprint density at radius 1 is 1.19 bits per heavy atom. The molecule has 0 aliphatic carbocycles. The fourth-order valence-corrected chi connectivity index (χ4v) is 3.32. The van der Waals surface area contributed by atoms with Crippen LogP contribution in [0, 0.1) is 10.1 Å². The van der Waals surface area contributed by atoms with Gasteiger partial charge in [-0.3, -0.25) is 14.9 Å². The molecule has 0 spiro atoms. The van der Waals surface area contributed by atoms with Crippen LogP contribution in [0.2, 0.25) is 0 Å². The number of nitro groups is 1. The van der Waals surface area contributed by atoms with Gasteiger partial charge in [-0.05, 0) is 25.5 Å². The lowest BCUT2D eigenvalue weighted by Gasteiger charge is -2.26. The highest BCUT2D eigenvalue weighted by Crippen LogP contribution is 2.34. The minimum Gasteiger partial charge on any atom is -0.467 e. The molecule has 9 heteroatoms. The van der Waals surface area contributed by atoms with Crippen molar-refractivity contribution in [2.24, 2.45) is 0 Å². The van der Waals surface area contributed by atoms with Crippen molar-refractivity contribution in [3.8, 4) is 5.75 Å². The number of carbonyl (C=O) groups is 2. The van der Waals surface area contributed by atoms with Crippen molar-refractivity contribution in [1.29, 1.82) is 0 Å². The van der Waals surface area contributed by atoms with E-state index >= 15 is 0 Å². The Bertz CT molecular complexity index is 960. The van der Waals surface area contributed by atoms with Crippen LogP contribution in [0.15, 0.2) is 42.5 Å². The van der Waals surface area contributed by atoms with Gasteiger partial charge in [0.05, 0.1) is 11.5 Å². The number of amides is 1. The fraction of sp³-hybridized carbons (Fsp3) is 0.364. The number of Topliss-reactive ketones (excluding diaryl/α,β-unsaturated/α-hetero) is 1. The molecule has 1 heterocycles. The third-order valence-electron chi connectivity index (χ3n) is 4.91. The molecule has 0 unspecified atom stereocenters. The molecule has 0 radical (unpaired) electrons. The predicted molar refractivity (Wildman–Crippen MR) is 111 cm³/mol. The smallest absolute Gasteiger partial charge is 0.410 e. The zero-order valence-corrected chi connectivity index (χ0v) is 17.4. The van der Waals surface area contributed by atoms with E-state index in [2.05, 4.69) is 0 Å². The first-order valence-electron chi connectivity index (χ1n) is 9.89. The van der Waals surface area contributed by atoms with Gasteiger partial charge in [0, 0.05) is 30.6 Å². The van der Waals surface area contributed by atoms with Gasteiger partial charge in [-0.2, -0.15) is 0 Å². The summed E-state index contributed by atoms with van der Waals surface area (Å²) in [6.07, 6.45) is -0.654. The third kappa shape index (κ3) is 5.37. The summed E-state index contributed by atoms with van der Waals surface area (Å²) >= 11 is 0. The Labute approximate surface area is 179 Å². The molecule has 2 aromatic rings. The molecule has 1 aliphatic rings. The maximum atomic E-state index is 13.0. The molecule has 3 rings (SSSR count). The van der Waals surface area contributed by atoms with Crippen molar-refractivity contribution >= 4 is 17.6 Å². The van der Waals surface area contributed by atoms with Gasteiger partial charge in [0.15, 0.2) is 12.6 Å². The van der Waals surface area contributed by atoms with Gasteiger partial charge in [-0.15, -0.1) is 0 Å². The maximum Gasteiger partial charge on any atom is 0.410 e. The molecule has 0 saturated carbocycles. The molecule has 1 amide bonds. The summed E-state index contributed by atoms with van der Waals surface area (Å²) < 4.78 is 15.9. The summed E-state index contributed by atoms with van der Waals surface area (Å²) in [6.45, 7) is 3.86. The first-order valence-corrected chi connectivity index (χ1v) is 9.89. The number of hydrogen-bond donors (Lipinski definition) is 0. The van der Waals surface area contributed by atoms with Crippen LogP contribution in [-0.4, -0.2) is 41.1 Å². The van der Waals surface area contributed by atoms with Gasteiger partial charge in [0.25, 0.3) is 5.69 Å². The monoisotopic (exact) mass is 428 g/mol. The quantitative estimate of drug-likeness (QED) is 0.354. The second kappa shape index (κ2) is 10.0. The lowest BCUT2D eigenvalue weighted by Crippen LogP contribution is -2.39. The molecule has 0 N–H and O–H groups in total. The number of ketones is 1. The average molecular weight is 428 g/mol. The van der Waals surface area contributed by atoms with Gasteiger partial charge in [-0.25, -0.2) is 4.79 Å². The van der Waals surface area contributed by atoms with Gasteiger partial charge >= 0.3 is 6.09 Å². The second-order valence-corrected chi connectivity index (χ2v) is 7.30. The van der Waals surface area contributed by atoms with Crippen molar-refractivity contribution < 1.29 is 28.7 Å². The Kier molecular flexibility index (Phi) is 7.19. The van der Waals surface area contributed by atoms with Crippen molar-refractivity contribution in [2.45, 2.75) is 39.5 Å². The number of nitrogens with zero attached hydrogens (tertiary/aromatic N) is 2. The van der Waals surface area contributed by atoms with E-state index in [4.69, 9.17) is 14.2 Å². The summed E-state index contributed by atoms with van der Waals surface area (Å²) in [5.74, 6) is -0.0673. The fourth-order valence-electron chi connectivity index (χ4n) is 3.32. The maximum absolute atomic E-state index is 13.0. The average Bonchev–Trinajstić information content (AvgIpc) is 2.77. The normalized spacial score (nSPS) is 12.6. The van der Waals surface area contributed by atoms with Crippen LogP contribution < -0.4 is 4.74 Å². The van der Waals surface area contributed by atoms with Crippen LogP contribution in [0.4, 0.5) is 10.5 Å². The largest absolute Gasteiger partial charge is 0.467 e. The molecule has 0 fully saturated rings. The van der Waals surface area contributed by atoms with E-state index in [0.717, 1.165) is 5.56 Å². The summed E-state index contributed by atoms with van der Waals surface area (Å²) in [5, 5.41) is 11.5. The molecule has 2 aromatic carbocycles. The molecule has 0 aromatic heterocycles. The Balaban J connectivity index is 1.72. The van der Waals surface area contributed by atoms with E-state index in [9.17, 15) is 19.7 Å². The molecule has 1 aliphatic heterocycles. The van der Waals surface area contributed by atoms with Gasteiger partial charge < -0.3 is 19.1 Å². The number of rotatable bonds is 8. The van der Waals surface area contributed by atoms with E-state index in [0.29, 0.717) is 11.3 Å². The Hall–Kier alpha value is -3.46. The highest BCUT2D eigenvalue weighted by Gasteiger charge is 2.29. The van der Waals surface area contributed by atoms with E-state index in [1.165, 1.54) is 17.0 Å². The molecule has 164 valence electrons. The number of nitro benzene ring substituents is 1. The second-order valence-electron chi connectivity index (χ2n) is 7.30. The van der Waals surface area contributed by atoms with Crippen molar-refractivity contribution in [3.63, 3.8) is 0 Å². The van der Waals surface area contributed by atoms with Gasteiger partial charge in [0.2, 0.25) is 0 Å². The van der Waals surface area contributed by atoms with Gasteiger partial charge in [-0.1, -0.05) is 30.3 Å². The van der Waals surface area contributed by atoms with E-state index in [1.807, 2.05) is 44.2 Å². The van der Waals surface area contributed by atoms with Crippen molar-refractivity contribution in [2.75, 3.05) is 13.3 Å². The van der Waals surface area contributed by atoms with Crippen LogP contribution >= 0.6 is 0 Å². The van der Waals surface area contributed by atoms with E-state index in [1.54, 1.807) is 0 Å². The third-order valence-corrected chi connectivity index (χ3v) is 4.91. The number of hydrogen-bond acceptors (Lipinski definition) is 7. The van der Waals surface area contributed by atoms with E-state index < -0.39 is 16.8 Å². The van der Waals surface area contributed by atoms with Crippen molar-refractivity contribution in [3.05, 3.63) is 69.3 Å². The Morgan fingerprint density at radius 3 is 2.61 bits per heavy atom. The van der Waals surface area contributed by atoms with Crippen LogP contribution in [0.1, 0.15) is 41.8 Å². The highest BCUT2D eigenvalue weighted by molar-refractivity contribution is 6.02. The van der Waals surface area contributed by atoms with Crippen LogP contribution in [0.25, 0.3) is 0 Å². The topological polar surface area (TPSA) is 108 Å². The predicted octanol–water partition coefficient (Wildman–Crippen LogP) is 4.08. The molecule has 0 atom stereocenters. The molecule has 31 heavy (non-hydrogen) atoms. The first kappa shape index (κ1) is 22.2. The highest BCUT2D eigenvalue weighted by atomic mass is 16.7. The standard InChI is InChI=1S/C22H24N2O7/c1-15(2)23(22(26)30-12-16-6-4-3-5-7-16)11-10-19(25)21-17-13-29-14-31-20(17)9-8-18(21)24(27)28/h3-9,15H,10-14H2,1-2H3. The van der Waals surface area contributed by atoms with Crippen LogP contribution in [-0.2, 0) is 22.7 Å². The lowest BCUT2D eigenvalue weighted by atomic mass is 9.98. The zero-order chi connectivity index (χ0) is 22.4. The number of carbonyl (C=O) groups excluding carboxylic acids is 2. The number of fused-ring (bicyclic) bond motifs is 1. The molecule has 9 nitrogen and oxygen atoms in total. The summed E-state index contributed by atoms with van der Waals surface area (Å²) in [5.41, 5.74) is 0.861. The minimum absolute atomic E-state index is 0.0207. The summed E-state index contributed by atoms with van der Waals surface area (Å²) in [7, 11) is 0. The van der Waals surface area contributed by atoms with Crippen molar-refractivity contribution in [1.82, 2.24) is 4.90 Å². The Morgan fingerprint density at radius 2 is 1.94 bits per heavy atom. The molecule has 0 saturated heterocycles. The summed E-state index contributed by atoms with van der Waals surface area (Å²) in [4.78, 5) is 37.8. The first-order chi connectivity index (χ1) is 14.9. The summed E-state index contributed by atoms with van der Waals surface area (Å²) in [6, 6.07) is 11.8. The van der Waals surface area contributed by atoms with Crippen LogP contribution in [0.5, 0.6) is 5.75 Å². The molecule has 0 bridgehead atoms. The molecular formula is C22H24N2O7. The number of ether oxygens (including phenoxy) is 3. The van der Waals surface area contributed by atoms with E-state index in [-0.39, 0.29) is 50.3 Å². The zero-order valence-electron chi connectivity index (χ0n) is 17.4. The lowest BCUT2D eigenvalue weighted by molar-refractivity contribution is -0.385. The van der Waals surface area contributed by atoms with Gasteiger partial charge in [0.1, 0.15) is 17.9 Å².